The van der Waals surface area contributed by atoms with E-state index in [0.29, 0.717) is 0 Å². The van der Waals surface area contributed by atoms with Crippen LogP contribution in [0.1, 0.15) is 28.2 Å². The van der Waals surface area contributed by atoms with Crippen LogP contribution in [0.25, 0.3) is 22.2 Å². The standard InChI is InChI=1S/C23H18BrN/c1-14-11-12-20-18(13-14)22-21(17-9-5-6-10-19(17)24)15-7-3-4-8-16(15)23(22)25(20)2/h3-13,21H,1-2H3. The van der Waals surface area contributed by atoms with E-state index in [9.17, 15) is 0 Å². The van der Waals surface area contributed by atoms with E-state index < -0.39 is 0 Å². The molecule has 122 valence electrons. The largest absolute Gasteiger partial charge is 0.343 e. The summed E-state index contributed by atoms with van der Waals surface area (Å²) in [5.74, 6) is 0.271. The van der Waals surface area contributed by atoms with E-state index in [0.717, 1.165) is 0 Å². The molecule has 1 aliphatic rings. The lowest BCUT2D eigenvalue weighted by Gasteiger charge is -2.16. The van der Waals surface area contributed by atoms with Gasteiger partial charge < -0.3 is 4.57 Å². The average Bonchev–Trinajstić information content (AvgIpc) is 3.09. The van der Waals surface area contributed by atoms with E-state index in [1.54, 1.807) is 0 Å². The predicted molar refractivity (Wildman–Crippen MR) is 108 cm³/mol. The normalized spacial score (nSPS) is 15.4. The van der Waals surface area contributed by atoms with Crippen molar-refractivity contribution in [2.75, 3.05) is 0 Å². The topological polar surface area (TPSA) is 4.93 Å². The van der Waals surface area contributed by atoms with Crippen molar-refractivity contribution in [3.05, 3.63) is 93.5 Å². The Bertz CT molecular complexity index is 1140. The number of rotatable bonds is 1. The zero-order valence-corrected chi connectivity index (χ0v) is 15.8. The third-order valence-electron chi connectivity index (χ3n) is 5.43. The molecule has 0 saturated carbocycles. The van der Waals surface area contributed by atoms with Gasteiger partial charge in [0.2, 0.25) is 0 Å². The molecule has 1 nitrogen and oxygen atoms in total. The van der Waals surface area contributed by atoms with Crippen LogP contribution < -0.4 is 0 Å². The van der Waals surface area contributed by atoms with Crippen LogP contribution in [0, 0.1) is 6.92 Å². The van der Waals surface area contributed by atoms with Gasteiger partial charge in [-0.2, -0.15) is 0 Å². The quantitative estimate of drug-likeness (QED) is 0.313. The lowest BCUT2D eigenvalue weighted by Crippen LogP contribution is -2.00. The van der Waals surface area contributed by atoms with Gasteiger partial charge in [0.1, 0.15) is 0 Å². The molecule has 0 fully saturated rings. The molecule has 1 unspecified atom stereocenters. The van der Waals surface area contributed by atoms with E-state index in [4.69, 9.17) is 0 Å². The molecule has 0 bridgehead atoms. The molecule has 0 amide bonds. The molecule has 1 aromatic heterocycles. The molecule has 0 aliphatic heterocycles. The Hall–Kier alpha value is -2.32. The summed E-state index contributed by atoms with van der Waals surface area (Å²) in [6.07, 6.45) is 0. The number of aryl methyl sites for hydroxylation is 2. The maximum atomic E-state index is 3.79. The highest BCUT2D eigenvalue weighted by molar-refractivity contribution is 9.10. The van der Waals surface area contributed by atoms with E-state index in [1.165, 1.54) is 48.9 Å². The first-order valence-electron chi connectivity index (χ1n) is 8.59. The number of fused-ring (bicyclic) bond motifs is 5. The van der Waals surface area contributed by atoms with Crippen LogP contribution in [0.4, 0.5) is 0 Å². The summed E-state index contributed by atoms with van der Waals surface area (Å²) < 4.78 is 3.53. The molecule has 0 spiro atoms. The minimum Gasteiger partial charge on any atom is -0.343 e. The third kappa shape index (κ3) is 2.01. The third-order valence-corrected chi connectivity index (χ3v) is 6.15. The fraction of sp³-hybridized carbons (Fsp3) is 0.130. The minimum atomic E-state index is 0.271. The second-order valence-corrected chi connectivity index (χ2v) is 7.74. The average molecular weight is 388 g/mol. The van der Waals surface area contributed by atoms with Crippen molar-refractivity contribution in [3.8, 4) is 11.3 Å². The second kappa shape index (κ2) is 5.34. The SMILES string of the molecule is Cc1ccc2c(c1)c1c(n2C)-c2ccccc2C1c1ccccc1Br. The Morgan fingerprint density at radius 1 is 0.880 bits per heavy atom. The Labute approximate surface area is 156 Å². The van der Waals surface area contributed by atoms with Gasteiger partial charge in [-0.05, 0) is 41.8 Å². The summed E-state index contributed by atoms with van der Waals surface area (Å²) >= 11 is 3.79. The van der Waals surface area contributed by atoms with Crippen molar-refractivity contribution < 1.29 is 0 Å². The Balaban J connectivity index is 1.94. The monoisotopic (exact) mass is 387 g/mol. The molecule has 1 atom stereocenters. The van der Waals surface area contributed by atoms with Gasteiger partial charge in [-0.15, -0.1) is 0 Å². The van der Waals surface area contributed by atoms with Crippen LogP contribution in [0.3, 0.4) is 0 Å². The summed E-state index contributed by atoms with van der Waals surface area (Å²) in [4.78, 5) is 0. The van der Waals surface area contributed by atoms with E-state index in [-0.39, 0.29) is 5.92 Å². The first kappa shape index (κ1) is 15.0. The Morgan fingerprint density at radius 2 is 1.60 bits per heavy atom. The molecule has 0 radical (unpaired) electrons. The predicted octanol–water partition coefficient (Wildman–Crippen LogP) is 6.41. The van der Waals surface area contributed by atoms with Gasteiger partial charge in [0.25, 0.3) is 0 Å². The Morgan fingerprint density at radius 3 is 2.40 bits per heavy atom. The van der Waals surface area contributed by atoms with E-state index >= 15 is 0 Å². The van der Waals surface area contributed by atoms with Crippen molar-refractivity contribution in [1.29, 1.82) is 0 Å². The van der Waals surface area contributed by atoms with Crippen LogP contribution >= 0.6 is 15.9 Å². The van der Waals surface area contributed by atoms with Gasteiger partial charge in [0.05, 0.1) is 5.69 Å². The molecular weight excluding hydrogens is 370 g/mol. The van der Waals surface area contributed by atoms with Crippen LogP contribution in [0.2, 0.25) is 0 Å². The van der Waals surface area contributed by atoms with E-state index in [2.05, 4.69) is 101 Å². The van der Waals surface area contributed by atoms with Crippen molar-refractivity contribution in [3.63, 3.8) is 0 Å². The Kier molecular flexibility index (Phi) is 3.20. The van der Waals surface area contributed by atoms with Crippen molar-refractivity contribution in [1.82, 2.24) is 4.57 Å². The summed E-state index contributed by atoms with van der Waals surface area (Å²) in [5, 5.41) is 1.37. The molecule has 4 aromatic rings. The molecular formula is C23H18BrN. The van der Waals surface area contributed by atoms with Crippen molar-refractivity contribution in [2.45, 2.75) is 12.8 Å². The maximum Gasteiger partial charge on any atom is 0.0534 e. The van der Waals surface area contributed by atoms with Crippen molar-refractivity contribution in [2.24, 2.45) is 7.05 Å². The van der Waals surface area contributed by atoms with Gasteiger partial charge in [-0.1, -0.05) is 70.0 Å². The number of nitrogens with zero attached hydrogens (tertiary/aromatic N) is 1. The van der Waals surface area contributed by atoms with Crippen LogP contribution in [-0.2, 0) is 7.05 Å². The molecule has 0 saturated heterocycles. The van der Waals surface area contributed by atoms with Gasteiger partial charge in [0, 0.05) is 33.9 Å². The van der Waals surface area contributed by atoms with Crippen LogP contribution in [0.5, 0.6) is 0 Å². The van der Waals surface area contributed by atoms with Crippen LogP contribution in [-0.4, -0.2) is 4.57 Å². The fourth-order valence-corrected chi connectivity index (χ4v) is 4.87. The number of hydrogen-bond acceptors (Lipinski definition) is 0. The molecule has 0 N–H and O–H groups in total. The summed E-state index contributed by atoms with van der Waals surface area (Å²) in [6, 6.07) is 24.2. The highest BCUT2D eigenvalue weighted by Crippen LogP contribution is 2.52. The molecule has 3 aromatic carbocycles. The minimum absolute atomic E-state index is 0.271. The summed E-state index contributed by atoms with van der Waals surface area (Å²) in [5.41, 5.74) is 9.51. The molecule has 25 heavy (non-hydrogen) atoms. The highest BCUT2D eigenvalue weighted by Gasteiger charge is 2.35. The zero-order valence-electron chi connectivity index (χ0n) is 14.3. The van der Waals surface area contributed by atoms with Gasteiger partial charge in [-0.3, -0.25) is 0 Å². The summed E-state index contributed by atoms with van der Waals surface area (Å²) in [6.45, 7) is 2.17. The second-order valence-electron chi connectivity index (χ2n) is 6.88. The number of benzene rings is 3. The summed E-state index contributed by atoms with van der Waals surface area (Å²) in [7, 11) is 2.19. The lowest BCUT2D eigenvalue weighted by atomic mass is 9.88. The molecule has 1 aliphatic carbocycles. The lowest BCUT2D eigenvalue weighted by molar-refractivity contribution is 0.970. The van der Waals surface area contributed by atoms with Gasteiger partial charge in [-0.25, -0.2) is 0 Å². The van der Waals surface area contributed by atoms with E-state index in [1.807, 2.05) is 0 Å². The van der Waals surface area contributed by atoms with Gasteiger partial charge in [0.15, 0.2) is 0 Å². The van der Waals surface area contributed by atoms with Crippen molar-refractivity contribution >= 4 is 26.8 Å². The fourth-order valence-electron chi connectivity index (χ4n) is 4.36. The molecule has 2 heteroatoms. The maximum absolute atomic E-state index is 3.79. The first-order chi connectivity index (χ1) is 12.2. The highest BCUT2D eigenvalue weighted by atomic mass is 79.9. The number of halogens is 1. The smallest absolute Gasteiger partial charge is 0.0534 e. The molecule has 1 heterocycles. The molecule has 5 rings (SSSR count). The first-order valence-corrected chi connectivity index (χ1v) is 9.39. The van der Waals surface area contributed by atoms with Crippen LogP contribution in [0.15, 0.2) is 71.2 Å². The number of aromatic nitrogens is 1. The number of hydrogen-bond donors (Lipinski definition) is 0. The van der Waals surface area contributed by atoms with Gasteiger partial charge >= 0.3 is 0 Å². The zero-order chi connectivity index (χ0) is 17.1.